The highest BCUT2D eigenvalue weighted by molar-refractivity contribution is 5.86. The molecule has 68 valence electrons. The van der Waals surface area contributed by atoms with Gasteiger partial charge in [0.2, 0.25) is 0 Å². The van der Waals surface area contributed by atoms with E-state index in [0.29, 0.717) is 0 Å². The summed E-state index contributed by atoms with van der Waals surface area (Å²) in [5, 5.41) is 25.3. The lowest BCUT2D eigenvalue weighted by Crippen LogP contribution is -2.45. The predicted octanol–water partition coefficient (Wildman–Crippen LogP) is -1.60. The minimum Gasteiger partial charge on any atom is -0.481 e. The second-order valence-electron chi connectivity index (χ2n) is 2.05. The molecule has 0 spiro atoms. The molecule has 6 N–H and O–H groups in total. The molecule has 0 saturated carbocycles. The van der Waals surface area contributed by atoms with Crippen molar-refractivity contribution in [3.8, 4) is 0 Å². The lowest BCUT2D eigenvalue weighted by molar-refractivity contribution is -0.145. The monoisotopic (exact) mass is 175 g/mol. The largest absolute Gasteiger partial charge is 0.481 e. The van der Waals surface area contributed by atoms with Crippen molar-refractivity contribution in [2.45, 2.75) is 12.5 Å². The first-order valence-corrected chi connectivity index (χ1v) is 2.98. The van der Waals surface area contributed by atoms with Crippen molar-refractivity contribution in [2.24, 2.45) is 5.73 Å². The van der Waals surface area contributed by atoms with Crippen molar-refractivity contribution in [3.05, 3.63) is 0 Å². The van der Waals surface area contributed by atoms with Gasteiger partial charge in [0.05, 0.1) is 6.42 Å². The molecule has 0 fully saturated rings. The van der Waals surface area contributed by atoms with Crippen LogP contribution < -0.4 is 11.1 Å². The van der Waals surface area contributed by atoms with Gasteiger partial charge < -0.3 is 21.3 Å². The van der Waals surface area contributed by atoms with Gasteiger partial charge in [-0.3, -0.25) is 10.2 Å². The van der Waals surface area contributed by atoms with Crippen LogP contribution in [0.25, 0.3) is 0 Å². The van der Waals surface area contributed by atoms with Gasteiger partial charge in [-0.25, -0.2) is 4.79 Å². The van der Waals surface area contributed by atoms with Crippen molar-refractivity contribution in [1.82, 2.24) is 5.32 Å². The number of rotatable bonds is 4. The van der Waals surface area contributed by atoms with Gasteiger partial charge in [0.25, 0.3) is 0 Å². The van der Waals surface area contributed by atoms with Gasteiger partial charge in [0.1, 0.15) is 6.04 Å². The molecule has 0 saturated heterocycles. The number of guanidine groups is 1. The Balaban J connectivity index is 4.14. The van der Waals surface area contributed by atoms with E-state index in [1.165, 1.54) is 0 Å². The Kier molecular flexibility index (Phi) is 3.54. The topological polar surface area (TPSA) is 136 Å². The highest BCUT2D eigenvalue weighted by Gasteiger charge is 2.20. The molecule has 0 aliphatic heterocycles. The van der Waals surface area contributed by atoms with E-state index in [-0.39, 0.29) is 0 Å². The first-order chi connectivity index (χ1) is 5.43. The van der Waals surface area contributed by atoms with Crippen LogP contribution in [0.5, 0.6) is 0 Å². The summed E-state index contributed by atoms with van der Waals surface area (Å²) in [4.78, 5) is 20.4. The standard InChI is InChI=1S/C5H9N3O4/c6-5(7)8-2(4(11)12)1-3(9)10/h2H,1H2,(H,9,10)(H,11,12)(H4,6,7,8). The molecule has 0 bridgehead atoms. The highest BCUT2D eigenvalue weighted by Crippen LogP contribution is 1.91. The Bertz CT molecular complexity index is 199. The van der Waals surface area contributed by atoms with Crippen LogP contribution in [0.1, 0.15) is 6.42 Å². The van der Waals surface area contributed by atoms with E-state index < -0.39 is 30.4 Å². The molecule has 0 amide bonds. The molecule has 0 heterocycles. The van der Waals surface area contributed by atoms with E-state index in [2.05, 4.69) is 0 Å². The molecule has 0 aromatic heterocycles. The second-order valence-corrected chi connectivity index (χ2v) is 2.05. The van der Waals surface area contributed by atoms with Crippen LogP contribution in [0, 0.1) is 5.41 Å². The van der Waals surface area contributed by atoms with Crippen molar-refractivity contribution in [1.29, 1.82) is 5.41 Å². The number of carboxylic acids is 2. The molecule has 0 aromatic carbocycles. The van der Waals surface area contributed by atoms with Gasteiger partial charge in [0.15, 0.2) is 5.96 Å². The zero-order valence-electron chi connectivity index (χ0n) is 6.07. The average molecular weight is 175 g/mol. The summed E-state index contributed by atoms with van der Waals surface area (Å²) < 4.78 is 0. The summed E-state index contributed by atoms with van der Waals surface area (Å²) in [5.74, 6) is -3.19. The third kappa shape index (κ3) is 4.09. The fourth-order valence-corrected chi connectivity index (χ4v) is 0.562. The minimum atomic E-state index is -1.35. The number of carbonyl (C=O) groups is 2. The maximum absolute atomic E-state index is 10.3. The summed E-state index contributed by atoms with van der Waals surface area (Å²) >= 11 is 0. The van der Waals surface area contributed by atoms with E-state index in [0.717, 1.165) is 0 Å². The summed E-state index contributed by atoms with van der Waals surface area (Å²) in [6.45, 7) is 0. The number of carboxylic acid groups (broad SMARTS) is 2. The van der Waals surface area contributed by atoms with Gasteiger partial charge in [-0.2, -0.15) is 0 Å². The van der Waals surface area contributed by atoms with Gasteiger partial charge in [0, 0.05) is 0 Å². The Morgan fingerprint density at radius 1 is 1.50 bits per heavy atom. The van der Waals surface area contributed by atoms with Crippen LogP contribution in [-0.2, 0) is 9.59 Å². The lowest BCUT2D eigenvalue weighted by Gasteiger charge is -2.10. The molecule has 7 nitrogen and oxygen atoms in total. The zero-order valence-corrected chi connectivity index (χ0v) is 6.07. The smallest absolute Gasteiger partial charge is 0.326 e. The highest BCUT2D eigenvalue weighted by atomic mass is 16.4. The van der Waals surface area contributed by atoms with Gasteiger partial charge in [-0.15, -0.1) is 0 Å². The molecule has 7 heteroatoms. The van der Waals surface area contributed by atoms with Crippen molar-refractivity contribution >= 4 is 17.9 Å². The molecule has 0 aliphatic carbocycles. The Morgan fingerprint density at radius 3 is 2.25 bits per heavy atom. The normalized spacial score (nSPS) is 11.7. The van der Waals surface area contributed by atoms with Crippen molar-refractivity contribution < 1.29 is 19.8 Å². The summed E-state index contributed by atoms with van der Waals surface area (Å²) in [5.41, 5.74) is 4.82. The molecular formula is C5H9N3O4. The first-order valence-electron chi connectivity index (χ1n) is 2.98. The zero-order chi connectivity index (χ0) is 9.72. The Labute approximate surface area is 67.7 Å². The maximum atomic E-state index is 10.3. The summed E-state index contributed by atoms with van der Waals surface area (Å²) in [7, 11) is 0. The first kappa shape index (κ1) is 10.2. The lowest BCUT2D eigenvalue weighted by atomic mass is 10.2. The van der Waals surface area contributed by atoms with E-state index in [1.54, 1.807) is 0 Å². The number of nitrogens with two attached hydrogens (primary N) is 1. The Morgan fingerprint density at radius 2 is 2.00 bits per heavy atom. The number of aliphatic carboxylic acids is 2. The second kappa shape index (κ2) is 4.16. The van der Waals surface area contributed by atoms with E-state index >= 15 is 0 Å². The SMILES string of the molecule is N=C(N)NC(CC(=O)O)C(=O)O. The van der Waals surface area contributed by atoms with E-state index in [1.807, 2.05) is 5.32 Å². The van der Waals surface area contributed by atoms with E-state index in [4.69, 9.17) is 21.4 Å². The van der Waals surface area contributed by atoms with Crippen LogP contribution in [-0.4, -0.2) is 34.2 Å². The fraction of sp³-hybridized carbons (Fsp3) is 0.400. The third-order valence-corrected chi connectivity index (χ3v) is 1.01. The van der Waals surface area contributed by atoms with Crippen LogP contribution in [0.3, 0.4) is 0 Å². The predicted molar refractivity (Wildman–Crippen MR) is 38.7 cm³/mol. The molecule has 1 unspecified atom stereocenters. The maximum Gasteiger partial charge on any atom is 0.326 e. The molecule has 0 radical (unpaired) electrons. The number of hydrogen-bond acceptors (Lipinski definition) is 3. The number of hydrogen-bond donors (Lipinski definition) is 5. The van der Waals surface area contributed by atoms with Crippen LogP contribution in [0.15, 0.2) is 0 Å². The molecule has 0 aliphatic rings. The van der Waals surface area contributed by atoms with Crippen LogP contribution in [0.4, 0.5) is 0 Å². The fourth-order valence-electron chi connectivity index (χ4n) is 0.562. The van der Waals surface area contributed by atoms with Gasteiger partial charge in [-0.1, -0.05) is 0 Å². The number of nitrogens with one attached hydrogen (secondary N) is 2. The van der Waals surface area contributed by atoms with Crippen molar-refractivity contribution in [3.63, 3.8) is 0 Å². The van der Waals surface area contributed by atoms with Crippen LogP contribution in [0.2, 0.25) is 0 Å². The van der Waals surface area contributed by atoms with Gasteiger partial charge >= 0.3 is 11.9 Å². The van der Waals surface area contributed by atoms with E-state index in [9.17, 15) is 9.59 Å². The molecular weight excluding hydrogens is 166 g/mol. The van der Waals surface area contributed by atoms with Crippen molar-refractivity contribution in [2.75, 3.05) is 0 Å². The minimum absolute atomic E-state index is 0.566. The third-order valence-electron chi connectivity index (χ3n) is 1.01. The average Bonchev–Trinajstić information content (AvgIpc) is 1.83. The van der Waals surface area contributed by atoms with Gasteiger partial charge in [-0.05, 0) is 0 Å². The molecule has 0 aromatic rings. The molecule has 1 atom stereocenters. The quantitative estimate of drug-likeness (QED) is 0.258. The Hall–Kier alpha value is -1.79. The molecule has 0 rings (SSSR count). The summed E-state index contributed by atoms with van der Waals surface area (Å²) in [6, 6.07) is -1.35. The van der Waals surface area contributed by atoms with Crippen LogP contribution >= 0.6 is 0 Å². The molecule has 12 heavy (non-hydrogen) atoms. The summed E-state index contributed by atoms with van der Waals surface area (Å²) in [6.07, 6.45) is -0.616.